The highest BCUT2D eigenvalue weighted by Crippen LogP contribution is 2.42. The molecule has 1 aromatic carbocycles. The number of ketones is 1. The van der Waals surface area contributed by atoms with Crippen LogP contribution < -0.4 is 4.90 Å². The average Bonchev–Trinajstić information content (AvgIpc) is 2.64. The molecule has 0 bridgehead atoms. The Morgan fingerprint density at radius 3 is 2.61 bits per heavy atom. The Hall–Kier alpha value is -2.03. The maximum Gasteiger partial charge on any atom is 0.184 e. The summed E-state index contributed by atoms with van der Waals surface area (Å²) in [5, 5.41) is 0. The predicted octanol–water partition coefficient (Wildman–Crippen LogP) is 1.92. The normalized spacial score (nSPS) is 21.2. The second-order valence-corrected chi connectivity index (χ2v) is 5.00. The number of rotatable bonds is 1. The molecule has 3 heteroatoms. The highest BCUT2D eigenvalue weighted by molar-refractivity contribution is 6.13. The van der Waals surface area contributed by atoms with E-state index in [1.54, 1.807) is 6.08 Å². The summed E-state index contributed by atoms with van der Waals surface area (Å²) >= 11 is 0. The number of benzene rings is 1. The van der Waals surface area contributed by atoms with Gasteiger partial charge in [0.15, 0.2) is 5.78 Å². The fraction of sp³-hybridized carbons (Fsp3) is 0.267. The van der Waals surface area contributed by atoms with Crippen molar-refractivity contribution < 1.29 is 4.79 Å². The molecule has 0 N–H and O–H groups in total. The van der Waals surface area contributed by atoms with E-state index in [0.29, 0.717) is 0 Å². The number of fused-ring (bicyclic) bond motifs is 3. The first kappa shape index (κ1) is 11.1. The molecular formula is C15H16N2O. The minimum absolute atomic E-state index is 0.147. The molecule has 1 aliphatic heterocycles. The summed E-state index contributed by atoms with van der Waals surface area (Å²) < 4.78 is 0. The molecule has 3 rings (SSSR count). The summed E-state index contributed by atoms with van der Waals surface area (Å²) in [6, 6.07) is 8.04. The first-order chi connectivity index (χ1) is 8.59. The second-order valence-electron chi connectivity index (χ2n) is 5.00. The Bertz CT molecular complexity index is 584. The summed E-state index contributed by atoms with van der Waals surface area (Å²) in [6.07, 6.45) is 3.85. The lowest BCUT2D eigenvalue weighted by Crippen LogP contribution is -2.36. The molecule has 3 nitrogen and oxygen atoms in total. The summed E-state index contributed by atoms with van der Waals surface area (Å²) in [4.78, 5) is 16.3. The van der Waals surface area contributed by atoms with Crippen LogP contribution in [0.25, 0.3) is 5.57 Å². The van der Waals surface area contributed by atoms with Gasteiger partial charge in [-0.25, -0.2) is 0 Å². The third kappa shape index (κ3) is 1.40. The number of likely N-dealkylation sites (N-methyl/N-ethyl adjacent to an activating group) is 2. The molecule has 1 atom stereocenters. The van der Waals surface area contributed by atoms with E-state index in [-0.39, 0.29) is 11.8 Å². The smallest absolute Gasteiger partial charge is 0.184 e. The topological polar surface area (TPSA) is 23.6 Å². The average molecular weight is 240 g/mol. The van der Waals surface area contributed by atoms with Crippen molar-refractivity contribution in [2.24, 2.45) is 0 Å². The zero-order valence-electron chi connectivity index (χ0n) is 10.8. The van der Waals surface area contributed by atoms with Gasteiger partial charge < -0.3 is 9.80 Å². The van der Waals surface area contributed by atoms with Gasteiger partial charge in [0.2, 0.25) is 0 Å². The third-order valence-electron chi connectivity index (χ3n) is 3.66. The Kier molecular flexibility index (Phi) is 2.30. The minimum atomic E-state index is -0.147. The van der Waals surface area contributed by atoms with Crippen LogP contribution in [-0.4, -0.2) is 37.9 Å². The van der Waals surface area contributed by atoms with Crippen LogP contribution in [0.2, 0.25) is 0 Å². The van der Waals surface area contributed by atoms with Gasteiger partial charge in [-0.1, -0.05) is 18.2 Å². The van der Waals surface area contributed by atoms with Crippen LogP contribution >= 0.6 is 0 Å². The van der Waals surface area contributed by atoms with Gasteiger partial charge in [0.05, 0.1) is 0 Å². The van der Waals surface area contributed by atoms with Crippen molar-refractivity contribution >= 4 is 17.0 Å². The lowest BCUT2D eigenvalue weighted by atomic mass is 9.93. The van der Waals surface area contributed by atoms with Gasteiger partial charge in [0.25, 0.3) is 0 Å². The van der Waals surface area contributed by atoms with Crippen LogP contribution in [0.1, 0.15) is 5.56 Å². The molecule has 0 radical (unpaired) electrons. The molecule has 18 heavy (non-hydrogen) atoms. The molecule has 0 saturated heterocycles. The van der Waals surface area contributed by atoms with Gasteiger partial charge in [-0.15, -0.1) is 0 Å². The summed E-state index contributed by atoms with van der Waals surface area (Å²) in [6.45, 7) is 0. The number of allylic oxidation sites excluding steroid dienone is 1. The number of hydrogen-bond acceptors (Lipinski definition) is 3. The van der Waals surface area contributed by atoms with Crippen LogP contribution in [0.4, 0.5) is 5.69 Å². The van der Waals surface area contributed by atoms with Gasteiger partial charge in [0.1, 0.15) is 6.04 Å². The molecule has 0 saturated carbocycles. The van der Waals surface area contributed by atoms with Crippen LogP contribution in [0.15, 0.2) is 42.1 Å². The van der Waals surface area contributed by atoms with Crippen LogP contribution in [0, 0.1) is 0 Å². The molecule has 0 fully saturated rings. The van der Waals surface area contributed by atoms with Crippen molar-refractivity contribution in [3.8, 4) is 0 Å². The minimum Gasteiger partial charge on any atom is -0.378 e. The van der Waals surface area contributed by atoms with E-state index < -0.39 is 0 Å². The first-order valence-corrected chi connectivity index (χ1v) is 6.06. The van der Waals surface area contributed by atoms with Crippen molar-refractivity contribution in [1.82, 2.24) is 4.90 Å². The van der Waals surface area contributed by atoms with Gasteiger partial charge in [-0.2, -0.15) is 0 Å². The largest absolute Gasteiger partial charge is 0.378 e. The lowest BCUT2D eigenvalue weighted by Gasteiger charge is -2.25. The van der Waals surface area contributed by atoms with Crippen LogP contribution in [-0.2, 0) is 4.79 Å². The highest BCUT2D eigenvalue weighted by atomic mass is 16.1. The number of para-hydroxylation sites is 1. The summed E-state index contributed by atoms with van der Waals surface area (Å²) in [7, 11) is 5.90. The van der Waals surface area contributed by atoms with Gasteiger partial charge >= 0.3 is 0 Å². The van der Waals surface area contributed by atoms with E-state index >= 15 is 0 Å². The molecule has 2 aliphatic rings. The molecule has 0 spiro atoms. The van der Waals surface area contributed by atoms with Crippen molar-refractivity contribution in [1.29, 1.82) is 0 Å². The van der Waals surface area contributed by atoms with Crippen molar-refractivity contribution in [2.45, 2.75) is 6.04 Å². The quantitative estimate of drug-likeness (QED) is 0.749. The summed E-state index contributed by atoms with van der Waals surface area (Å²) in [5.74, 6) is 0.162. The molecule has 92 valence electrons. The Balaban J connectivity index is 2.17. The molecule has 0 amide bonds. The van der Waals surface area contributed by atoms with E-state index in [4.69, 9.17) is 0 Å². The van der Waals surface area contributed by atoms with Gasteiger partial charge in [-0.3, -0.25) is 4.79 Å². The number of carbonyl (C=O) groups excluding carboxylic acids is 1. The predicted molar refractivity (Wildman–Crippen MR) is 73.4 cm³/mol. The SMILES string of the molecule is CN(C)C1=CC(=O)C2C(=C1)c1ccccc1N2C. The number of nitrogens with zero attached hydrogens (tertiary/aromatic N) is 2. The fourth-order valence-corrected chi connectivity index (χ4v) is 2.71. The lowest BCUT2D eigenvalue weighted by molar-refractivity contribution is -0.114. The number of hydrogen-bond donors (Lipinski definition) is 0. The number of anilines is 1. The van der Waals surface area contributed by atoms with Crippen molar-refractivity contribution in [3.05, 3.63) is 47.7 Å². The molecule has 1 unspecified atom stereocenters. The van der Waals surface area contributed by atoms with E-state index in [1.165, 1.54) is 5.56 Å². The monoisotopic (exact) mass is 240 g/mol. The Morgan fingerprint density at radius 1 is 1.17 bits per heavy atom. The zero-order chi connectivity index (χ0) is 12.9. The van der Waals surface area contributed by atoms with Gasteiger partial charge in [0, 0.05) is 44.2 Å². The zero-order valence-corrected chi connectivity index (χ0v) is 10.8. The maximum atomic E-state index is 12.3. The highest BCUT2D eigenvalue weighted by Gasteiger charge is 2.37. The van der Waals surface area contributed by atoms with Crippen LogP contribution in [0.5, 0.6) is 0 Å². The van der Waals surface area contributed by atoms with Gasteiger partial charge in [-0.05, 0) is 17.7 Å². The van der Waals surface area contributed by atoms with Crippen molar-refractivity contribution in [3.63, 3.8) is 0 Å². The molecular weight excluding hydrogens is 224 g/mol. The standard InChI is InChI=1S/C15H16N2O/c1-16(2)10-8-12-11-6-4-5-7-13(11)17(3)15(12)14(18)9-10/h4-9,15H,1-3H3. The molecule has 0 aromatic heterocycles. The second kappa shape index (κ2) is 3.73. The maximum absolute atomic E-state index is 12.3. The van der Waals surface area contributed by atoms with E-state index in [9.17, 15) is 4.79 Å². The molecule has 1 heterocycles. The Morgan fingerprint density at radius 2 is 1.89 bits per heavy atom. The third-order valence-corrected chi connectivity index (χ3v) is 3.66. The molecule has 1 aromatic rings. The number of carbonyl (C=O) groups is 1. The van der Waals surface area contributed by atoms with Crippen molar-refractivity contribution in [2.75, 3.05) is 26.0 Å². The Labute approximate surface area is 107 Å². The van der Waals surface area contributed by atoms with E-state index in [1.807, 2.05) is 38.2 Å². The summed E-state index contributed by atoms with van der Waals surface area (Å²) in [5.41, 5.74) is 4.39. The van der Waals surface area contributed by atoms with Crippen LogP contribution in [0.3, 0.4) is 0 Å². The molecule has 1 aliphatic carbocycles. The first-order valence-electron chi connectivity index (χ1n) is 6.06. The van der Waals surface area contributed by atoms with E-state index in [2.05, 4.69) is 23.1 Å². The fourth-order valence-electron chi connectivity index (χ4n) is 2.71. The van der Waals surface area contributed by atoms with E-state index in [0.717, 1.165) is 17.0 Å².